The molecule has 1 aromatic heterocycles. The number of ether oxygens (including phenoxy) is 3. The number of Topliss-reactive ketones (excluding diaryl/α,β-unsaturated/α-hetero) is 1. The Labute approximate surface area is 172 Å². The molecule has 0 radical (unpaired) electrons. The average molecular weight is 402 g/mol. The van der Waals surface area contributed by atoms with E-state index in [1.54, 1.807) is 30.5 Å². The number of carbonyl (C=O) groups excluding carboxylic acids is 2. The molecule has 7 nitrogen and oxygen atoms in total. The SMILES string of the molecule is CC(=O)c1cccc(-c2ccnc3c2CC(C(=O)Nc2ccc4c(c2)OCO4)O3)c1. The monoisotopic (exact) mass is 402 g/mol. The topological polar surface area (TPSA) is 86.8 Å². The smallest absolute Gasteiger partial charge is 0.265 e. The van der Waals surface area contributed by atoms with Gasteiger partial charge in [0.25, 0.3) is 5.91 Å². The summed E-state index contributed by atoms with van der Waals surface area (Å²) in [5.74, 6) is 1.42. The molecule has 2 aliphatic rings. The first kappa shape index (κ1) is 18.2. The van der Waals surface area contributed by atoms with E-state index in [4.69, 9.17) is 14.2 Å². The lowest BCUT2D eigenvalue weighted by atomic mass is 9.96. The highest BCUT2D eigenvalue weighted by atomic mass is 16.7. The van der Waals surface area contributed by atoms with Crippen molar-refractivity contribution < 1.29 is 23.8 Å². The summed E-state index contributed by atoms with van der Waals surface area (Å²) in [5.41, 5.74) is 3.88. The fraction of sp³-hybridized carbons (Fsp3) is 0.174. The summed E-state index contributed by atoms with van der Waals surface area (Å²) in [7, 11) is 0. The standard InChI is InChI=1S/C23H18N2O5/c1-13(26)14-3-2-4-15(9-14)17-7-8-24-23-18(17)11-21(30-23)22(27)25-16-5-6-19-20(10-16)29-12-28-19/h2-10,21H,11-12H2,1H3,(H,25,27). The van der Waals surface area contributed by atoms with E-state index in [1.165, 1.54) is 6.92 Å². The molecule has 150 valence electrons. The summed E-state index contributed by atoms with van der Waals surface area (Å²) in [6.07, 6.45) is 1.33. The maximum absolute atomic E-state index is 12.8. The van der Waals surface area contributed by atoms with Crippen molar-refractivity contribution in [2.24, 2.45) is 0 Å². The van der Waals surface area contributed by atoms with Crippen LogP contribution in [0.1, 0.15) is 22.8 Å². The Morgan fingerprint density at radius 3 is 2.80 bits per heavy atom. The van der Waals surface area contributed by atoms with Gasteiger partial charge in [0, 0.05) is 35.5 Å². The zero-order chi connectivity index (χ0) is 20.7. The molecule has 0 saturated carbocycles. The number of fused-ring (bicyclic) bond motifs is 2. The maximum Gasteiger partial charge on any atom is 0.265 e. The van der Waals surface area contributed by atoms with Gasteiger partial charge in [-0.3, -0.25) is 9.59 Å². The van der Waals surface area contributed by atoms with Crippen molar-refractivity contribution in [3.63, 3.8) is 0 Å². The van der Waals surface area contributed by atoms with E-state index in [0.717, 1.165) is 16.7 Å². The minimum absolute atomic E-state index is 0.000202. The number of hydrogen-bond donors (Lipinski definition) is 1. The average Bonchev–Trinajstić information content (AvgIpc) is 3.40. The molecular formula is C23H18N2O5. The quantitative estimate of drug-likeness (QED) is 0.671. The second kappa shape index (κ2) is 7.18. The number of aromatic nitrogens is 1. The van der Waals surface area contributed by atoms with Crippen LogP contribution in [-0.2, 0) is 11.2 Å². The summed E-state index contributed by atoms with van der Waals surface area (Å²) >= 11 is 0. The molecule has 7 heteroatoms. The van der Waals surface area contributed by atoms with Crippen LogP contribution in [0.15, 0.2) is 54.7 Å². The summed E-state index contributed by atoms with van der Waals surface area (Å²) in [6.45, 7) is 1.71. The Balaban J connectivity index is 1.37. The number of hydrogen-bond acceptors (Lipinski definition) is 6. The van der Waals surface area contributed by atoms with Gasteiger partial charge in [-0.1, -0.05) is 18.2 Å². The summed E-state index contributed by atoms with van der Waals surface area (Å²) in [4.78, 5) is 28.8. The number of amides is 1. The second-order valence-electron chi connectivity index (χ2n) is 7.15. The summed E-state index contributed by atoms with van der Waals surface area (Å²) < 4.78 is 16.5. The molecule has 0 saturated heterocycles. The van der Waals surface area contributed by atoms with Crippen molar-refractivity contribution in [2.45, 2.75) is 19.4 Å². The van der Waals surface area contributed by atoms with E-state index in [-0.39, 0.29) is 18.5 Å². The zero-order valence-corrected chi connectivity index (χ0v) is 16.2. The van der Waals surface area contributed by atoms with Crippen LogP contribution in [0.3, 0.4) is 0 Å². The molecule has 3 heterocycles. The zero-order valence-electron chi connectivity index (χ0n) is 16.2. The van der Waals surface area contributed by atoms with E-state index in [1.807, 2.05) is 24.3 Å². The number of carbonyl (C=O) groups is 2. The number of nitrogens with one attached hydrogen (secondary N) is 1. The van der Waals surface area contributed by atoms with Crippen LogP contribution in [0, 0.1) is 0 Å². The van der Waals surface area contributed by atoms with Crippen LogP contribution in [0.25, 0.3) is 11.1 Å². The predicted octanol–water partition coefficient (Wildman–Crippen LogP) is 3.62. The van der Waals surface area contributed by atoms with Crippen LogP contribution >= 0.6 is 0 Å². The van der Waals surface area contributed by atoms with Crippen molar-refractivity contribution in [3.8, 4) is 28.5 Å². The largest absolute Gasteiger partial charge is 0.464 e. The predicted molar refractivity (Wildman–Crippen MR) is 109 cm³/mol. The van der Waals surface area contributed by atoms with Gasteiger partial charge in [-0.2, -0.15) is 0 Å². The molecule has 5 rings (SSSR count). The molecular weight excluding hydrogens is 384 g/mol. The fourth-order valence-electron chi connectivity index (χ4n) is 3.65. The van der Waals surface area contributed by atoms with Gasteiger partial charge in [0.2, 0.25) is 12.7 Å². The van der Waals surface area contributed by atoms with Gasteiger partial charge in [0.1, 0.15) is 0 Å². The molecule has 1 N–H and O–H groups in total. The van der Waals surface area contributed by atoms with E-state index in [9.17, 15) is 9.59 Å². The van der Waals surface area contributed by atoms with E-state index in [2.05, 4.69) is 10.3 Å². The summed E-state index contributed by atoms with van der Waals surface area (Å²) in [6, 6.07) is 14.5. The highest BCUT2D eigenvalue weighted by Gasteiger charge is 2.32. The molecule has 0 spiro atoms. The molecule has 30 heavy (non-hydrogen) atoms. The molecule has 3 aromatic rings. The molecule has 0 bridgehead atoms. The summed E-state index contributed by atoms with van der Waals surface area (Å²) in [5, 5.41) is 2.86. The van der Waals surface area contributed by atoms with E-state index < -0.39 is 6.10 Å². The Morgan fingerprint density at radius 1 is 1.07 bits per heavy atom. The van der Waals surface area contributed by atoms with Crippen molar-refractivity contribution in [2.75, 3.05) is 12.1 Å². The Kier molecular flexibility index (Phi) is 4.35. The maximum atomic E-state index is 12.8. The third kappa shape index (κ3) is 3.24. The van der Waals surface area contributed by atoms with Crippen LogP contribution in [0.4, 0.5) is 5.69 Å². The Bertz CT molecular complexity index is 1170. The minimum atomic E-state index is -0.699. The number of anilines is 1. The molecule has 0 fully saturated rings. The van der Waals surface area contributed by atoms with Gasteiger partial charge < -0.3 is 19.5 Å². The Hall–Kier alpha value is -3.87. The normalized spacial score (nSPS) is 16.0. The van der Waals surface area contributed by atoms with Crippen LogP contribution in [-0.4, -0.2) is 29.6 Å². The second-order valence-corrected chi connectivity index (χ2v) is 7.15. The van der Waals surface area contributed by atoms with Gasteiger partial charge in [0.15, 0.2) is 23.4 Å². The molecule has 2 aromatic carbocycles. The van der Waals surface area contributed by atoms with Crippen LogP contribution in [0.2, 0.25) is 0 Å². The third-order valence-corrected chi connectivity index (χ3v) is 5.17. The van der Waals surface area contributed by atoms with E-state index in [0.29, 0.717) is 35.1 Å². The highest BCUT2D eigenvalue weighted by molar-refractivity contribution is 5.97. The van der Waals surface area contributed by atoms with Crippen molar-refractivity contribution >= 4 is 17.4 Å². The number of ketones is 1. The van der Waals surface area contributed by atoms with Crippen LogP contribution < -0.4 is 19.5 Å². The molecule has 2 aliphatic heterocycles. The number of benzene rings is 2. The number of nitrogens with zero attached hydrogens (tertiary/aromatic N) is 1. The molecule has 1 atom stereocenters. The fourth-order valence-corrected chi connectivity index (χ4v) is 3.65. The number of pyridine rings is 1. The lowest BCUT2D eigenvalue weighted by Crippen LogP contribution is -2.31. The lowest BCUT2D eigenvalue weighted by molar-refractivity contribution is -0.122. The van der Waals surface area contributed by atoms with Crippen molar-refractivity contribution in [1.29, 1.82) is 0 Å². The third-order valence-electron chi connectivity index (χ3n) is 5.17. The van der Waals surface area contributed by atoms with Crippen molar-refractivity contribution in [3.05, 3.63) is 65.9 Å². The Morgan fingerprint density at radius 2 is 1.93 bits per heavy atom. The highest BCUT2D eigenvalue weighted by Crippen LogP contribution is 2.37. The van der Waals surface area contributed by atoms with Gasteiger partial charge in [0.05, 0.1) is 0 Å². The molecule has 1 unspecified atom stereocenters. The first-order valence-corrected chi connectivity index (χ1v) is 9.55. The van der Waals surface area contributed by atoms with Crippen LogP contribution in [0.5, 0.6) is 17.4 Å². The first-order valence-electron chi connectivity index (χ1n) is 9.55. The lowest BCUT2D eigenvalue weighted by Gasteiger charge is -2.11. The number of rotatable bonds is 4. The van der Waals surface area contributed by atoms with Crippen molar-refractivity contribution in [1.82, 2.24) is 4.98 Å². The van der Waals surface area contributed by atoms with Gasteiger partial charge in [-0.05, 0) is 42.3 Å². The molecule has 0 aliphatic carbocycles. The van der Waals surface area contributed by atoms with E-state index >= 15 is 0 Å². The molecule has 1 amide bonds. The first-order chi connectivity index (χ1) is 14.6. The van der Waals surface area contributed by atoms with Gasteiger partial charge in [-0.15, -0.1) is 0 Å². The minimum Gasteiger partial charge on any atom is -0.464 e. The van der Waals surface area contributed by atoms with Gasteiger partial charge >= 0.3 is 0 Å². The van der Waals surface area contributed by atoms with Gasteiger partial charge in [-0.25, -0.2) is 4.98 Å².